The molecule has 5 heteroatoms. The second-order valence-corrected chi connectivity index (χ2v) is 4.39. The van der Waals surface area contributed by atoms with E-state index in [1.807, 2.05) is 35.7 Å². The van der Waals surface area contributed by atoms with E-state index in [-0.39, 0.29) is 12.6 Å². The van der Waals surface area contributed by atoms with Gasteiger partial charge in [-0.2, -0.15) is 0 Å². The highest BCUT2D eigenvalue weighted by Crippen LogP contribution is 2.13. The molecule has 0 bridgehead atoms. The third kappa shape index (κ3) is 2.25. The molecule has 100 valence electrons. The number of nitrogens with zero attached hydrogens (tertiary/aromatic N) is 3. The van der Waals surface area contributed by atoms with Gasteiger partial charge in [-0.3, -0.25) is 4.98 Å². The largest absolute Gasteiger partial charge is 0.456 e. The summed E-state index contributed by atoms with van der Waals surface area (Å²) < 4.78 is 7.24. The lowest BCUT2D eigenvalue weighted by Crippen LogP contribution is -2.07. The number of carbonyl (C=O) groups is 1. The van der Waals surface area contributed by atoms with Gasteiger partial charge in [0.25, 0.3) is 0 Å². The molecule has 5 nitrogen and oxygen atoms in total. The molecule has 3 aromatic rings. The van der Waals surface area contributed by atoms with Crippen LogP contribution in [-0.4, -0.2) is 20.3 Å². The molecule has 3 rings (SSSR count). The predicted octanol–water partition coefficient (Wildman–Crippen LogP) is 2.39. The second-order valence-electron chi connectivity index (χ2n) is 4.39. The van der Waals surface area contributed by atoms with Gasteiger partial charge in [0.1, 0.15) is 12.3 Å². The Morgan fingerprint density at radius 3 is 3.00 bits per heavy atom. The monoisotopic (exact) mass is 267 g/mol. The third-order valence-corrected chi connectivity index (χ3v) is 3.07. The summed E-state index contributed by atoms with van der Waals surface area (Å²) >= 11 is 0. The van der Waals surface area contributed by atoms with E-state index in [0.717, 1.165) is 17.0 Å². The van der Waals surface area contributed by atoms with Gasteiger partial charge in [0.15, 0.2) is 0 Å². The number of aromatic nitrogens is 3. The van der Waals surface area contributed by atoms with E-state index in [4.69, 9.17) is 4.74 Å². The van der Waals surface area contributed by atoms with Gasteiger partial charge in [-0.15, -0.1) is 0 Å². The average Bonchev–Trinajstić information content (AvgIpc) is 2.81. The highest BCUT2D eigenvalue weighted by atomic mass is 16.5. The fraction of sp³-hybridized carbons (Fsp3) is 0.133. The number of pyridine rings is 2. The summed E-state index contributed by atoms with van der Waals surface area (Å²) in [5.74, 6) is -0.386. The Balaban J connectivity index is 1.81. The van der Waals surface area contributed by atoms with E-state index < -0.39 is 0 Å². The zero-order valence-corrected chi connectivity index (χ0v) is 11.0. The average molecular weight is 267 g/mol. The van der Waals surface area contributed by atoms with Crippen molar-refractivity contribution in [3.05, 3.63) is 65.9 Å². The van der Waals surface area contributed by atoms with Crippen LogP contribution in [0, 0.1) is 6.92 Å². The maximum Gasteiger partial charge on any atom is 0.340 e. The molecule has 0 aromatic carbocycles. The molecule has 3 aromatic heterocycles. The Kier molecular flexibility index (Phi) is 3.16. The molecule has 0 saturated carbocycles. The third-order valence-electron chi connectivity index (χ3n) is 3.07. The number of fused-ring (bicyclic) bond motifs is 1. The van der Waals surface area contributed by atoms with Crippen molar-refractivity contribution in [1.82, 2.24) is 14.4 Å². The highest BCUT2D eigenvalue weighted by Gasteiger charge is 2.12. The van der Waals surface area contributed by atoms with Crippen LogP contribution in [0.2, 0.25) is 0 Å². The molecule has 0 radical (unpaired) electrons. The second kappa shape index (κ2) is 5.13. The van der Waals surface area contributed by atoms with Crippen LogP contribution in [-0.2, 0) is 11.3 Å². The molecule has 3 heterocycles. The van der Waals surface area contributed by atoms with Gasteiger partial charge in [0, 0.05) is 18.6 Å². The number of rotatable bonds is 3. The van der Waals surface area contributed by atoms with Crippen molar-refractivity contribution in [3.63, 3.8) is 0 Å². The number of imidazole rings is 1. The van der Waals surface area contributed by atoms with Gasteiger partial charge in [-0.25, -0.2) is 9.78 Å². The van der Waals surface area contributed by atoms with Crippen molar-refractivity contribution in [2.45, 2.75) is 13.5 Å². The maximum absolute atomic E-state index is 11.9. The van der Waals surface area contributed by atoms with Gasteiger partial charge >= 0.3 is 5.97 Å². The topological polar surface area (TPSA) is 56.5 Å². The Bertz CT molecular complexity index is 750. The maximum atomic E-state index is 11.9. The van der Waals surface area contributed by atoms with Crippen LogP contribution in [0.4, 0.5) is 0 Å². The van der Waals surface area contributed by atoms with Gasteiger partial charge in [-0.1, -0.05) is 6.07 Å². The normalized spacial score (nSPS) is 10.7. The first-order chi connectivity index (χ1) is 9.75. The van der Waals surface area contributed by atoms with Crippen LogP contribution in [0.1, 0.15) is 21.7 Å². The number of hydrogen-bond acceptors (Lipinski definition) is 4. The lowest BCUT2D eigenvalue weighted by molar-refractivity contribution is 0.0465. The first-order valence-electron chi connectivity index (χ1n) is 6.25. The minimum Gasteiger partial charge on any atom is -0.456 e. The SMILES string of the molecule is Cc1nc2ccccn2c1COC(=O)c1cccnc1. The standard InChI is InChI=1S/C15H13N3O2/c1-11-13(18-8-3-2-6-14(18)17-11)10-20-15(19)12-5-4-7-16-9-12/h2-9H,10H2,1H3. The Morgan fingerprint density at radius 1 is 1.30 bits per heavy atom. The zero-order chi connectivity index (χ0) is 13.9. The molecule has 0 atom stereocenters. The van der Waals surface area contributed by atoms with Crippen LogP contribution in [0.3, 0.4) is 0 Å². The van der Waals surface area contributed by atoms with Crippen LogP contribution in [0.25, 0.3) is 5.65 Å². The molecular weight excluding hydrogens is 254 g/mol. The summed E-state index contributed by atoms with van der Waals surface area (Å²) in [5, 5.41) is 0. The van der Waals surface area contributed by atoms with Crippen molar-refractivity contribution in [3.8, 4) is 0 Å². The fourth-order valence-electron chi connectivity index (χ4n) is 2.04. The van der Waals surface area contributed by atoms with Gasteiger partial charge in [0.2, 0.25) is 0 Å². The van der Waals surface area contributed by atoms with Crippen LogP contribution < -0.4 is 0 Å². The van der Waals surface area contributed by atoms with Crippen molar-refractivity contribution >= 4 is 11.6 Å². The quantitative estimate of drug-likeness (QED) is 0.684. The number of hydrogen-bond donors (Lipinski definition) is 0. The lowest BCUT2D eigenvalue weighted by atomic mass is 10.3. The van der Waals surface area contributed by atoms with E-state index in [9.17, 15) is 4.79 Å². The molecule has 0 aliphatic heterocycles. The zero-order valence-electron chi connectivity index (χ0n) is 11.0. The van der Waals surface area contributed by atoms with Gasteiger partial charge < -0.3 is 9.14 Å². The number of aryl methyl sites for hydroxylation is 1. The Morgan fingerprint density at radius 2 is 2.20 bits per heavy atom. The van der Waals surface area contributed by atoms with E-state index in [0.29, 0.717) is 5.56 Å². The molecule has 0 saturated heterocycles. The van der Waals surface area contributed by atoms with Crippen molar-refractivity contribution in [2.75, 3.05) is 0 Å². The van der Waals surface area contributed by atoms with E-state index in [1.165, 1.54) is 6.20 Å². The minimum absolute atomic E-state index is 0.185. The van der Waals surface area contributed by atoms with Gasteiger partial charge in [-0.05, 0) is 31.2 Å². The number of carbonyl (C=O) groups excluding carboxylic acids is 1. The highest BCUT2D eigenvalue weighted by molar-refractivity contribution is 5.88. The molecule has 0 amide bonds. The molecule has 0 unspecified atom stereocenters. The van der Waals surface area contributed by atoms with Crippen molar-refractivity contribution in [1.29, 1.82) is 0 Å². The molecule has 0 aliphatic carbocycles. The summed E-state index contributed by atoms with van der Waals surface area (Å²) in [4.78, 5) is 20.2. The lowest BCUT2D eigenvalue weighted by Gasteiger charge is -2.05. The molecule has 0 aliphatic rings. The molecular formula is C15H13N3O2. The smallest absolute Gasteiger partial charge is 0.340 e. The first kappa shape index (κ1) is 12.3. The molecule has 0 spiro atoms. The number of ether oxygens (including phenoxy) is 1. The van der Waals surface area contributed by atoms with Crippen LogP contribution in [0.15, 0.2) is 48.9 Å². The van der Waals surface area contributed by atoms with Crippen molar-refractivity contribution < 1.29 is 9.53 Å². The first-order valence-corrected chi connectivity index (χ1v) is 6.25. The summed E-state index contributed by atoms with van der Waals surface area (Å²) in [6.07, 6.45) is 5.01. The van der Waals surface area contributed by atoms with E-state index in [2.05, 4.69) is 9.97 Å². The van der Waals surface area contributed by atoms with E-state index >= 15 is 0 Å². The van der Waals surface area contributed by atoms with Gasteiger partial charge in [0.05, 0.1) is 17.0 Å². The molecule has 20 heavy (non-hydrogen) atoms. The molecule has 0 N–H and O–H groups in total. The summed E-state index contributed by atoms with van der Waals surface area (Å²) in [6.45, 7) is 2.09. The molecule has 0 fully saturated rings. The summed E-state index contributed by atoms with van der Waals surface area (Å²) in [5.41, 5.74) is 3.02. The van der Waals surface area contributed by atoms with E-state index in [1.54, 1.807) is 18.3 Å². The summed E-state index contributed by atoms with van der Waals surface area (Å²) in [6, 6.07) is 9.14. The van der Waals surface area contributed by atoms with Crippen LogP contribution >= 0.6 is 0 Å². The number of esters is 1. The fourth-order valence-corrected chi connectivity index (χ4v) is 2.04. The summed E-state index contributed by atoms with van der Waals surface area (Å²) in [7, 11) is 0. The minimum atomic E-state index is -0.386. The van der Waals surface area contributed by atoms with Crippen molar-refractivity contribution in [2.24, 2.45) is 0 Å². The Hall–Kier alpha value is -2.69. The predicted molar refractivity (Wildman–Crippen MR) is 73.3 cm³/mol. The van der Waals surface area contributed by atoms with Crippen LogP contribution in [0.5, 0.6) is 0 Å². The Labute approximate surface area is 115 Å².